The second-order valence-corrected chi connectivity index (χ2v) is 1.92. The van der Waals surface area contributed by atoms with E-state index < -0.39 is 11.8 Å². The van der Waals surface area contributed by atoms with Crippen molar-refractivity contribution in [2.24, 2.45) is 5.73 Å². The van der Waals surface area contributed by atoms with Gasteiger partial charge < -0.3 is 16.0 Å². The molecule has 1 aromatic rings. The fraction of sp³-hybridized carbons (Fsp3) is 0. The monoisotopic (exact) mass is 153 g/mol. The van der Waals surface area contributed by atoms with E-state index in [2.05, 4.69) is 10.3 Å². The van der Waals surface area contributed by atoms with Gasteiger partial charge in [-0.3, -0.25) is 9.59 Å². The molecule has 0 unspecified atom stereocenters. The summed E-state index contributed by atoms with van der Waals surface area (Å²) in [5, 5.41) is 2.28. The van der Waals surface area contributed by atoms with Gasteiger partial charge >= 0.3 is 11.8 Å². The number of H-pyrrole nitrogens is 1. The van der Waals surface area contributed by atoms with Crippen molar-refractivity contribution in [1.29, 1.82) is 0 Å². The number of primary amides is 1. The minimum atomic E-state index is -0.994. The van der Waals surface area contributed by atoms with E-state index in [1.165, 1.54) is 0 Å². The van der Waals surface area contributed by atoms with Crippen molar-refractivity contribution in [3.05, 3.63) is 18.5 Å². The van der Waals surface area contributed by atoms with Gasteiger partial charge in [0.2, 0.25) is 0 Å². The Morgan fingerprint density at radius 2 is 2.27 bits per heavy atom. The van der Waals surface area contributed by atoms with Gasteiger partial charge in [0.05, 0.1) is 5.69 Å². The molecule has 1 heterocycles. The summed E-state index contributed by atoms with van der Waals surface area (Å²) in [7, 11) is 0. The highest BCUT2D eigenvalue weighted by molar-refractivity contribution is 6.39. The SMILES string of the molecule is NC(=O)C(=O)Nc1cc[nH]c1. The van der Waals surface area contributed by atoms with Gasteiger partial charge in [0.1, 0.15) is 0 Å². The van der Waals surface area contributed by atoms with Crippen molar-refractivity contribution in [2.45, 2.75) is 0 Å². The summed E-state index contributed by atoms with van der Waals surface area (Å²) in [6.07, 6.45) is 3.16. The Bertz CT molecular complexity index is 265. The minimum absolute atomic E-state index is 0.522. The molecule has 0 saturated heterocycles. The maximum absolute atomic E-state index is 10.6. The number of aromatic amines is 1. The van der Waals surface area contributed by atoms with Crippen LogP contribution in [0.2, 0.25) is 0 Å². The molecule has 0 aromatic carbocycles. The lowest BCUT2D eigenvalue weighted by Gasteiger charge is -1.95. The zero-order valence-electron chi connectivity index (χ0n) is 5.63. The molecule has 0 bridgehead atoms. The van der Waals surface area contributed by atoms with E-state index in [9.17, 15) is 9.59 Å². The topological polar surface area (TPSA) is 88.0 Å². The molecule has 0 fully saturated rings. The van der Waals surface area contributed by atoms with E-state index >= 15 is 0 Å². The summed E-state index contributed by atoms with van der Waals surface area (Å²) in [6, 6.07) is 1.61. The average Bonchev–Trinajstić information content (AvgIpc) is 2.39. The van der Waals surface area contributed by atoms with Gasteiger partial charge in [-0.2, -0.15) is 0 Å². The first-order valence-corrected chi connectivity index (χ1v) is 2.93. The Morgan fingerprint density at radius 1 is 1.55 bits per heavy atom. The molecule has 0 atom stereocenters. The Kier molecular flexibility index (Phi) is 1.91. The van der Waals surface area contributed by atoms with E-state index in [-0.39, 0.29) is 0 Å². The maximum Gasteiger partial charge on any atom is 0.313 e. The average molecular weight is 153 g/mol. The van der Waals surface area contributed by atoms with Gasteiger partial charge in [-0.05, 0) is 6.07 Å². The molecule has 11 heavy (non-hydrogen) atoms. The fourth-order valence-electron chi connectivity index (χ4n) is 0.594. The molecule has 1 rings (SSSR count). The number of aromatic nitrogens is 1. The fourth-order valence-corrected chi connectivity index (χ4v) is 0.594. The molecule has 0 saturated carbocycles. The van der Waals surface area contributed by atoms with Gasteiger partial charge in [-0.25, -0.2) is 0 Å². The molecule has 5 nitrogen and oxygen atoms in total. The number of nitrogens with two attached hydrogens (primary N) is 1. The second-order valence-electron chi connectivity index (χ2n) is 1.92. The number of hydrogen-bond donors (Lipinski definition) is 3. The highest BCUT2D eigenvalue weighted by Crippen LogP contribution is 2.02. The predicted octanol–water partition coefficient (Wildman–Crippen LogP) is -0.562. The van der Waals surface area contributed by atoms with Crippen LogP contribution >= 0.6 is 0 Å². The Morgan fingerprint density at radius 3 is 2.73 bits per heavy atom. The first-order valence-electron chi connectivity index (χ1n) is 2.93. The van der Waals surface area contributed by atoms with E-state index in [0.29, 0.717) is 5.69 Å². The summed E-state index contributed by atoms with van der Waals surface area (Å²) in [6.45, 7) is 0. The number of rotatable bonds is 1. The minimum Gasteiger partial charge on any atom is -0.366 e. The molecule has 58 valence electrons. The highest BCUT2D eigenvalue weighted by atomic mass is 16.2. The van der Waals surface area contributed by atoms with E-state index in [0.717, 1.165) is 0 Å². The van der Waals surface area contributed by atoms with Crippen molar-refractivity contribution in [3.8, 4) is 0 Å². The van der Waals surface area contributed by atoms with Gasteiger partial charge in [0.25, 0.3) is 0 Å². The zero-order valence-corrected chi connectivity index (χ0v) is 5.63. The molecule has 0 spiro atoms. The van der Waals surface area contributed by atoms with Gasteiger partial charge in [-0.1, -0.05) is 0 Å². The zero-order chi connectivity index (χ0) is 8.27. The van der Waals surface area contributed by atoms with E-state index in [1.807, 2.05) is 0 Å². The van der Waals surface area contributed by atoms with Crippen LogP contribution in [0.1, 0.15) is 0 Å². The normalized spacial score (nSPS) is 9.09. The number of nitrogens with one attached hydrogen (secondary N) is 2. The number of anilines is 1. The quantitative estimate of drug-likeness (QED) is 0.472. The first-order chi connectivity index (χ1) is 5.20. The molecule has 0 radical (unpaired) electrons. The van der Waals surface area contributed by atoms with Crippen molar-refractivity contribution in [2.75, 3.05) is 5.32 Å². The number of amides is 2. The maximum atomic E-state index is 10.6. The third-order valence-corrected chi connectivity index (χ3v) is 1.08. The third-order valence-electron chi connectivity index (χ3n) is 1.08. The molecule has 1 aromatic heterocycles. The van der Waals surface area contributed by atoms with Crippen LogP contribution in [0.5, 0.6) is 0 Å². The third kappa shape index (κ3) is 1.82. The van der Waals surface area contributed by atoms with Crippen LogP contribution in [-0.4, -0.2) is 16.8 Å². The molecule has 0 aliphatic heterocycles. The van der Waals surface area contributed by atoms with E-state index in [4.69, 9.17) is 5.73 Å². The Labute approximate surface area is 62.6 Å². The molecule has 2 amide bonds. The van der Waals surface area contributed by atoms with Crippen LogP contribution in [0.25, 0.3) is 0 Å². The van der Waals surface area contributed by atoms with Crippen LogP contribution in [0, 0.1) is 0 Å². The van der Waals surface area contributed by atoms with Crippen LogP contribution in [0.3, 0.4) is 0 Å². The van der Waals surface area contributed by atoms with Crippen molar-refractivity contribution in [1.82, 2.24) is 4.98 Å². The number of carbonyl (C=O) groups is 2. The van der Waals surface area contributed by atoms with Crippen LogP contribution in [0.15, 0.2) is 18.5 Å². The molecule has 4 N–H and O–H groups in total. The lowest BCUT2D eigenvalue weighted by molar-refractivity contribution is -0.134. The largest absolute Gasteiger partial charge is 0.366 e. The Balaban J connectivity index is 2.57. The predicted molar refractivity (Wildman–Crippen MR) is 38.6 cm³/mol. The summed E-state index contributed by atoms with van der Waals surface area (Å²) >= 11 is 0. The van der Waals surface area contributed by atoms with E-state index in [1.54, 1.807) is 18.5 Å². The van der Waals surface area contributed by atoms with Gasteiger partial charge in [0, 0.05) is 12.4 Å². The lowest BCUT2D eigenvalue weighted by Crippen LogP contribution is -2.29. The molecular weight excluding hydrogens is 146 g/mol. The van der Waals surface area contributed by atoms with Crippen molar-refractivity contribution < 1.29 is 9.59 Å². The van der Waals surface area contributed by atoms with Crippen molar-refractivity contribution >= 4 is 17.5 Å². The number of carbonyl (C=O) groups excluding carboxylic acids is 2. The highest BCUT2D eigenvalue weighted by Gasteiger charge is 2.07. The van der Waals surface area contributed by atoms with Gasteiger partial charge in [0.15, 0.2) is 0 Å². The lowest BCUT2D eigenvalue weighted by atomic mass is 10.5. The summed E-state index contributed by atoms with van der Waals surface area (Å²) in [4.78, 5) is 23.5. The number of hydrogen-bond acceptors (Lipinski definition) is 2. The smallest absolute Gasteiger partial charge is 0.313 e. The van der Waals surface area contributed by atoms with Gasteiger partial charge in [-0.15, -0.1) is 0 Å². The summed E-state index contributed by atoms with van der Waals surface area (Å²) in [5.74, 6) is -1.81. The van der Waals surface area contributed by atoms with Crippen LogP contribution in [0.4, 0.5) is 5.69 Å². The standard InChI is InChI=1S/C6H7N3O2/c7-5(10)6(11)9-4-1-2-8-3-4/h1-3,8H,(H2,7,10)(H,9,11). The second kappa shape index (κ2) is 2.87. The molecule has 5 heteroatoms. The summed E-state index contributed by atoms with van der Waals surface area (Å²) < 4.78 is 0. The Hall–Kier alpha value is -1.78. The summed E-state index contributed by atoms with van der Waals surface area (Å²) in [5.41, 5.74) is 5.21. The molecule has 0 aliphatic carbocycles. The van der Waals surface area contributed by atoms with Crippen LogP contribution in [-0.2, 0) is 9.59 Å². The molecule has 0 aliphatic rings. The molecular formula is C6H7N3O2. The van der Waals surface area contributed by atoms with Crippen molar-refractivity contribution in [3.63, 3.8) is 0 Å². The first kappa shape index (κ1) is 7.33. The van der Waals surface area contributed by atoms with Crippen LogP contribution < -0.4 is 11.1 Å².